The molecule has 3 nitrogen and oxygen atoms in total. The van der Waals surface area contributed by atoms with Gasteiger partial charge in [-0.1, -0.05) is 35.3 Å². The summed E-state index contributed by atoms with van der Waals surface area (Å²) in [5, 5.41) is 12.9. The van der Waals surface area contributed by atoms with Gasteiger partial charge < -0.3 is 10.4 Å². The summed E-state index contributed by atoms with van der Waals surface area (Å²) in [7, 11) is 1.58. The zero-order valence-electron chi connectivity index (χ0n) is 9.34. The SMILES string of the molecule is C=CCC(NC)(C(=O)O)c1ccc(Cl)c(Cl)c1. The molecule has 0 aliphatic rings. The number of halogens is 2. The van der Waals surface area contributed by atoms with E-state index < -0.39 is 11.5 Å². The van der Waals surface area contributed by atoms with Crippen molar-refractivity contribution in [3.05, 3.63) is 46.5 Å². The van der Waals surface area contributed by atoms with Crippen molar-refractivity contribution < 1.29 is 9.90 Å². The average Bonchev–Trinajstić information content (AvgIpc) is 2.29. The van der Waals surface area contributed by atoms with Crippen LogP contribution in [0, 0.1) is 0 Å². The topological polar surface area (TPSA) is 49.3 Å². The molecule has 1 aromatic carbocycles. The molecule has 17 heavy (non-hydrogen) atoms. The number of aliphatic carboxylic acids is 1. The number of carboxylic acids is 1. The van der Waals surface area contributed by atoms with Gasteiger partial charge in [-0.15, -0.1) is 6.58 Å². The number of benzene rings is 1. The summed E-state index contributed by atoms with van der Waals surface area (Å²) in [6.07, 6.45) is 1.80. The minimum Gasteiger partial charge on any atom is -0.480 e. The van der Waals surface area contributed by atoms with E-state index in [1.54, 1.807) is 31.3 Å². The number of hydrogen-bond donors (Lipinski definition) is 2. The molecule has 1 aromatic rings. The average molecular weight is 274 g/mol. The molecule has 1 rings (SSSR count). The zero-order valence-corrected chi connectivity index (χ0v) is 10.8. The van der Waals surface area contributed by atoms with Crippen molar-refractivity contribution in [2.24, 2.45) is 0 Å². The molecule has 0 aliphatic carbocycles. The lowest BCUT2D eigenvalue weighted by Gasteiger charge is -2.28. The maximum Gasteiger partial charge on any atom is 0.328 e. The molecule has 92 valence electrons. The Morgan fingerprint density at radius 1 is 1.53 bits per heavy atom. The fraction of sp³-hybridized carbons (Fsp3) is 0.250. The number of carboxylic acid groups (broad SMARTS) is 1. The highest BCUT2D eigenvalue weighted by molar-refractivity contribution is 6.42. The van der Waals surface area contributed by atoms with Gasteiger partial charge in [-0.2, -0.15) is 0 Å². The van der Waals surface area contributed by atoms with Crippen LogP contribution in [0.4, 0.5) is 0 Å². The molecule has 0 bridgehead atoms. The molecule has 0 spiro atoms. The molecule has 0 aliphatic heterocycles. The Morgan fingerprint density at radius 3 is 2.59 bits per heavy atom. The van der Waals surface area contributed by atoms with Crippen LogP contribution in [0.1, 0.15) is 12.0 Å². The molecule has 2 N–H and O–H groups in total. The van der Waals surface area contributed by atoms with Crippen molar-refractivity contribution in [2.75, 3.05) is 7.05 Å². The Labute approximate surface area is 110 Å². The van der Waals surface area contributed by atoms with E-state index in [2.05, 4.69) is 11.9 Å². The third kappa shape index (κ3) is 2.63. The summed E-state index contributed by atoms with van der Waals surface area (Å²) >= 11 is 11.7. The first-order chi connectivity index (χ1) is 7.97. The molecule has 0 saturated carbocycles. The monoisotopic (exact) mass is 273 g/mol. The van der Waals surface area contributed by atoms with E-state index in [1.165, 1.54) is 0 Å². The van der Waals surface area contributed by atoms with Crippen molar-refractivity contribution in [3.8, 4) is 0 Å². The highest BCUT2D eigenvalue weighted by Gasteiger charge is 2.37. The van der Waals surface area contributed by atoms with Gasteiger partial charge in [0.25, 0.3) is 0 Å². The lowest BCUT2D eigenvalue weighted by Crippen LogP contribution is -2.47. The maximum absolute atomic E-state index is 11.5. The van der Waals surface area contributed by atoms with E-state index >= 15 is 0 Å². The third-order valence-electron chi connectivity index (χ3n) is 2.65. The number of rotatable bonds is 5. The van der Waals surface area contributed by atoms with E-state index in [-0.39, 0.29) is 6.42 Å². The standard InChI is InChI=1S/C12H13Cl2NO2/c1-3-6-12(15-2,11(16)17)8-4-5-9(13)10(14)7-8/h3-5,7,15H,1,6H2,2H3,(H,16,17). The molecule has 1 unspecified atom stereocenters. The van der Waals surface area contributed by atoms with Gasteiger partial charge in [0.15, 0.2) is 0 Å². The Balaban J connectivity index is 3.34. The normalized spacial score (nSPS) is 14.1. The molecule has 0 aromatic heterocycles. The highest BCUT2D eigenvalue weighted by atomic mass is 35.5. The fourth-order valence-electron chi connectivity index (χ4n) is 1.66. The molecule has 0 radical (unpaired) electrons. The van der Waals surface area contributed by atoms with E-state index in [9.17, 15) is 9.90 Å². The summed E-state index contributed by atoms with van der Waals surface area (Å²) in [5.74, 6) is -0.988. The fourth-order valence-corrected chi connectivity index (χ4v) is 1.96. The Morgan fingerprint density at radius 2 is 2.18 bits per heavy atom. The second-order valence-electron chi connectivity index (χ2n) is 3.58. The van der Waals surface area contributed by atoms with Gasteiger partial charge in [0, 0.05) is 0 Å². The van der Waals surface area contributed by atoms with Crippen LogP contribution in [0.25, 0.3) is 0 Å². The quantitative estimate of drug-likeness (QED) is 0.811. The van der Waals surface area contributed by atoms with Crippen LogP contribution >= 0.6 is 23.2 Å². The van der Waals surface area contributed by atoms with Crippen LogP contribution in [0.2, 0.25) is 10.0 Å². The number of nitrogens with one attached hydrogen (secondary N) is 1. The van der Waals surface area contributed by atoms with Crippen molar-refractivity contribution in [3.63, 3.8) is 0 Å². The van der Waals surface area contributed by atoms with Crippen molar-refractivity contribution >= 4 is 29.2 Å². The lowest BCUT2D eigenvalue weighted by molar-refractivity contribution is -0.145. The molecule has 0 fully saturated rings. The molecule has 1 atom stereocenters. The van der Waals surface area contributed by atoms with Crippen LogP contribution in [0.15, 0.2) is 30.9 Å². The van der Waals surface area contributed by atoms with Crippen LogP contribution in [0.3, 0.4) is 0 Å². The van der Waals surface area contributed by atoms with Crippen molar-refractivity contribution in [1.82, 2.24) is 5.32 Å². The van der Waals surface area contributed by atoms with Gasteiger partial charge in [-0.3, -0.25) is 0 Å². The molecule has 0 amide bonds. The second kappa shape index (κ2) is 5.54. The molecular formula is C12H13Cl2NO2. The van der Waals surface area contributed by atoms with E-state index in [1.807, 2.05) is 0 Å². The van der Waals surface area contributed by atoms with Crippen molar-refractivity contribution in [2.45, 2.75) is 12.0 Å². The van der Waals surface area contributed by atoms with Crippen LogP contribution < -0.4 is 5.32 Å². The lowest BCUT2D eigenvalue weighted by atomic mass is 9.87. The van der Waals surface area contributed by atoms with E-state index in [0.717, 1.165) is 0 Å². The van der Waals surface area contributed by atoms with E-state index in [0.29, 0.717) is 15.6 Å². The summed E-state index contributed by atoms with van der Waals surface area (Å²) in [6, 6.07) is 4.78. The number of carbonyl (C=O) groups is 1. The Bertz CT molecular complexity index is 448. The maximum atomic E-state index is 11.5. The minimum absolute atomic E-state index is 0.247. The predicted molar refractivity (Wildman–Crippen MR) is 69.6 cm³/mol. The Kier molecular flexibility index (Phi) is 4.57. The largest absolute Gasteiger partial charge is 0.480 e. The van der Waals surface area contributed by atoms with Gasteiger partial charge >= 0.3 is 5.97 Å². The van der Waals surface area contributed by atoms with Crippen LogP contribution in [-0.4, -0.2) is 18.1 Å². The van der Waals surface area contributed by atoms with Gasteiger partial charge in [0.1, 0.15) is 5.54 Å². The highest BCUT2D eigenvalue weighted by Crippen LogP contribution is 2.31. The van der Waals surface area contributed by atoms with Crippen LogP contribution in [-0.2, 0) is 10.3 Å². The smallest absolute Gasteiger partial charge is 0.328 e. The molecular weight excluding hydrogens is 261 g/mol. The zero-order chi connectivity index (χ0) is 13.1. The first kappa shape index (κ1) is 14.0. The van der Waals surface area contributed by atoms with Crippen LogP contribution in [0.5, 0.6) is 0 Å². The first-order valence-electron chi connectivity index (χ1n) is 4.96. The Hall–Kier alpha value is -1.03. The van der Waals surface area contributed by atoms with E-state index in [4.69, 9.17) is 23.2 Å². The summed E-state index contributed by atoms with van der Waals surface area (Å²) < 4.78 is 0. The molecule has 0 heterocycles. The minimum atomic E-state index is -1.23. The molecule has 0 saturated heterocycles. The summed E-state index contributed by atoms with van der Waals surface area (Å²) in [4.78, 5) is 11.5. The first-order valence-corrected chi connectivity index (χ1v) is 5.72. The number of hydrogen-bond acceptors (Lipinski definition) is 2. The van der Waals surface area contributed by atoms with Gasteiger partial charge in [-0.25, -0.2) is 4.79 Å². The van der Waals surface area contributed by atoms with Crippen molar-refractivity contribution in [1.29, 1.82) is 0 Å². The second-order valence-corrected chi connectivity index (χ2v) is 4.40. The van der Waals surface area contributed by atoms with Gasteiger partial charge in [0.05, 0.1) is 10.0 Å². The number of likely N-dealkylation sites (N-methyl/N-ethyl adjacent to an activating group) is 1. The third-order valence-corrected chi connectivity index (χ3v) is 3.39. The van der Waals surface area contributed by atoms with Gasteiger partial charge in [-0.05, 0) is 31.2 Å². The summed E-state index contributed by atoms with van der Waals surface area (Å²) in [5.41, 5.74) is -0.683. The predicted octanol–water partition coefficient (Wildman–Crippen LogP) is 3.07. The molecule has 5 heteroatoms. The summed E-state index contributed by atoms with van der Waals surface area (Å²) in [6.45, 7) is 3.58. The van der Waals surface area contributed by atoms with Gasteiger partial charge in [0.2, 0.25) is 0 Å².